The third-order valence-electron chi connectivity index (χ3n) is 9.47. The van der Waals surface area contributed by atoms with Gasteiger partial charge < -0.3 is 15.3 Å². The number of allylic oxidation sites excluding steroid dienone is 5. The Bertz CT molecular complexity index is 771. The van der Waals surface area contributed by atoms with E-state index in [-0.39, 0.29) is 0 Å². The van der Waals surface area contributed by atoms with Crippen molar-refractivity contribution in [2.24, 2.45) is 23.2 Å². The number of aliphatic hydroxyl groups excluding tert-OH is 2. The van der Waals surface area contributed by atoms with Gasteiger partial charge in [0.25, 0.3) is 0 Å². The Morgan fingerprint density at radius 1 is 1.18 bits per heavy atom. The molecule has 3 heteroatoms. The van der Waals surface area contributed by atoms with E-state index in [1.165, 1.54) is 25.7 Å². The summed E-state index contributed by atoms with van der Waals surface area (Å²) in [6.07, 6.45) is 18.7. The molecule has 0 bridgehead atoms. The van der Waals surface area contributed by atoms with Crippen molar-refractivity contribution in [2.75, 3.05) is 0 Å². The van der Waals surface area contributed by atoms with Crippen LogP contribution in [0, 0.1) is 23.2 Å². The van der Waals surface area contributed by atoms with Crippen LogP contribution >= 0.6 is 0 Å². The van der Waals surface area contributed by atoms with E-state index in [1.54, 1.807) is 5.57 Å². The van der Waals surface area contributed by atoms with E-state index in [0.717, 1.165) is 43.3 Å². The van der Waals surface area contributed by atoms with Crippen molar-refractivity contribution in [3.05, 3.63) is 47.6 Å². The van der Waals surface area contributed by atoms with E-state index in [1.807, 2.05) is 0 Å². The minimum atomic E-state index is -0.621. The van der Waals surface area contributed by atoms with Crippen LogP contribution in [0.4, 0.5) is 0 Å². The van der Waals surface area contributed by atoms with Gasteiger partial charge in [0.2, 0.25) is 0 Å². The van der Waals surface area contributed by atoms with E-state index in [9.17, 15) is 15.3 Å². The van der Waals surface area contributed by atoms with Gasteiger partial charge in [0.05, 0.1) is 17.8 Å². The maximum Gasteiger partial charge on any atom is 0.0811 e. The lowest BCUT2D eigenvalue weighted by Crippen LogP contribution is -2.35. The average Bonchev–Trinajstić information content (AvgIpc) is 3.15. The number of fused-ring (bicyclic) bond motifs is 1. The van der Waals surface area contributed by atoms with E-state index < -0.39 is 17.8 Å². The fourth-order valence-corrected chi connectivity index (χ4v) is 7.01. The van der Waals surface area contributed by atoms with Crippen LogP contribution in [0.3, 0.4) is 0 Å². The van der Waals surface area contributed by atoms with Gasteiger partial charge in [0.1, 0.15) is 0 Å². The first-order valence-electron chi connectivity index (χ1n) is 13.5. The van der Waals surface area contributed by atoms with Crippen LogP contribution in [0.5, 0.6) is 0 Å². The van der Waals surface area contributed by atoms with Gasteiger partial charge in [-0.25, -0.2) is 0 Å². The Hall–Kier alpha value is -1.16. The van der Waals surface area contributed by atoms with E-state index >= 15 is 0 Å². The van der Waals surface area contributed by atoms with Crippen LogP contribution in [-0.4, -0.2) is 33.1 Å². The molecule has 0 radical (unpaired) electrons. The quantitative estimate of drug-likeness (QED) is 0.358. The van der Waals surface area contributed by atoms with Gasteiger partial charge >= 0.3 is 0 Å². The predicted octanol–water partition coefficient (Wildman–Crippen LogP) is 6.65. The zero-order valence-electron chi connectivity index (χ0n) is 21.5. The largest absolute Gasteiger partial charge is 0.393 e. The first-order valence-corrected chi connectivity index (χ1v) is 13.5. The molecule has 0 amide bonds. The highest BCUT2D eigenvalue weighted by Crippen LogP contribution is 2.59. The second-order valence-electron chi connectivity index (χ2n) is 11.4. The van der Waals surface area contributed by atoms with Crippen LogP contribution < -0.4 is 0 Å². The standard InChI is InChI=1S/C30H48O3/c1-6-30(33,7-2)18-9-8-11-21(3)26-15-16-27-23(12-10-17-29(26,27)5)13-14-24-19-25(31)20-28(32)22(24)4/h8,11,13-14,21,25-28,31-33H,4,6-7,9-10,12,15-20H2,1-3,5H3/b11-8+,23-13+,24-14-/t21-,25+,26+,27-,28-,29+/m0/s1. The molecule has 33 heavy (non-hydrogen) atoms. The Balaban J connectivity index is 1.67. The maximum atomic E-state index is 10.5. The molecule has 3 rings (SSSR count). The summed E-state index contributed by atoms with van der Waals surface area (Å²) < 4.78 is 0. The van der Waals surface area contributed by atoms with Gasteiger partial charge in [-0.3, -0.25) is 0 Å². The molecule has 3 aliphatic carbocycles. The van der Waals surface area contributed by atoms with E-state index in [0.29, 0.717) is 36.0 Å². The van der Waals surface area contributed by atoms with Crippen molar-refractivity contribution in [3.63, 3.8) is 0 Å². The van der Waals surface area contributed by atoms with Gasteiger partial charge in [-0.15, -0.1) is 0 Å². The molecular formula is C30H48O3. The van der Waals surface area contributed by atoms with E-state index in [4.69, 9.17) is 0 Å². The summed E-state index contributed by atoms with van der Waals surface area (Å²) in [5.41, 5.74) is 3.16. The Kier molecular flexibility index (Phi) is 8.86. The third kappa shape index (κ3) is 5.92. The molecule has 3 N–H and O–H groups in total. The molecule has 0 heterocycles. The minimum Gasteiger partial charge on any atom is -0.393 e. The Morgan fingerprint density at radius 2 is 1.91 bits per heavy atom. The molecule has 0 aliphatic heterocycles. The third-order valence-corrected chi connectivity index (χ3v) is 9.47. The highest BCUT2D eigenvalue weighted by Gasteiger charge is 2.50. The molecule has 3 saturated carbocycles. The zero-order valence-corrected chi connectivity index (χ0v) is 21.5. The number of rotatable bonds is 8. The lowest BCUT2D eigenvalue weighted by Gasteiger charge is -2.44. The highest BCUT2D eigenvalue weighted by molar-refractivity contribution is 5.38. The summed E-state index contributed by atoms with van der Waals surface area (Å²) in [5, 5.41) is 30.8. The van der Waals surface area contributed by atoms with Crippen molar-refractivity contribution < 1.29 is 15.3 Å². The number of aliphatic hydroxyl groups is 3. The van der Waals surface area contributed by atoms with Gasteiger partial charge in [-0.1, -0.05) is 64.2 Å². The van der Waals surface area contributed by atoms with Crippen molar-refractivity contribution >= 4 is 0 Å². The molecule has 3 nitrogen and oxygen atoms in total. The monoisotopic (exact) mass is 456 g/mol. The topological polar surface area (TPSA) is 60.7 Å². The summed E-state index contributed by atoms with van der Waals surface area (Å²) >= 11 is 0. The maximum absolute atomic E-state index is 10.5. The van der Waals surface area contributed by atoms with Gasteiger partial charge in [-0.2, -0.15) is 0 Å². The Labute approximate surface area is 202 Å². The summed E-state index contributed by atoms with van der Waals surface area (Å²) in [4.78, 5) is 0. The molecule has 6 atom stereocenters. The molecule has 3 fully saturated rings. The van der Waals surface area contributed by atoms with Crippen molar-refractivity contribution in [3.8, 4) is 0 Å². The highest BCUT2D eigenvalue weighted by atomic mass is 16.3. The van der Waals surface area contributed by atoms with Crippen LogP contribution in [-0.2, 0) is 0 Å². The van der Waals surface area contributed by atoms with Gasteiger partial charge in [0.15, 0.2) is 0 Å². The van der Waals surface area contributed by atoms with Gasteiger partial charge in [-0.05, 0) is 98.5 Å². The lowest BCUT2D eigenvalue weighted by molar-refractivity contribution is 0.0245. The first-order chi connectivity index (χ1) is 15.6. The predicted molar refractivity (Wildman–Crippen MR) is 138 cm³/mol. The second kappa shape index (κ2) is 11.1. The summed E-state index contributed by atoms with van der Waals surface area (Å²) in [7, 11) is 0. The summed E-state index contributed by atoms with van der Waals surface area (Å²) in [6, 6.07) is 0. The summed E-state index contributed by atoms with van der Waals surface area (Å²) in [5.74, 6) is 1.87. The van der Waals surface area contributed by atoms with Crippen molar-refractivity contribution in [1.82, 2.24) is 0 Å². The average molecular weight is 457 g/mol. The molecule has 0 saturated heterocycles. The van der Waals surface area contributed by atoms with Crippen LogP contribution in [0.25, 0.3) is 0 Å². The molecule has 0 unspecified atom stereocenters. The normalized spacial score (nSPS) is 36.6. The second-order valence-corrected chi connectivity index (χ2v) is 11.4. The fourth-order valence-electron chi connectivity index (χ4n) is 7.01. The molecule has 0 aromatic carbocycles. The van der Waals surface area contributed by atoms with Crippen molar-refractivity contribution in [1.29, 1.82) is 0 Å². The molecule has 0 aromatic rings. The Morgan fingerprint density at radius 3 is 2.61 bits per heavy atom. The lowest BCUT2D eigenvalue weighted by atomic mass is 9.61. The van der Waals surface area contributed by atoms with Gasteiger partial charge in [0, 0.05) is 6.42 Å². The van der Waals surface area contributed by atoms with Crippen molar-refractivity contribution in [2.45, 2.75) is 116 Å². The van der Waals surface area contributed by atoms with Crippen LogP contribution in [0.2, 0.25) is 0 Å². The van der Waals surface area contributed by atoms with Crippen LogP contribution in [0.1, 0.15) is 98.3 Å². The molecular weight excluding hydrogens is 408 g/mol. The van der Waals surface area contributed by atoms with Crippen LogP contribution in [0.15, 0.2) is 47.6 Å². The molecule has 186 valence electrons. The zero-order chi connectivity index (χ0) is 24.2. The smallest absolute Gasteiger partial charge is 0.0811 e. The SMILES string of the molecule is C=C1/C(=C\C=C2/CCC[C@]3(C)[C@@H]([C@@H](C)/C=C/CCC(O)(CC)CC)CC[C@@H]23)C[C@@H](O)C[C@@H]1O. The fraction of sp³-hybridized carbons (Fsp3) is 0.733. The van der Waals surface area contributed by atoms with E-state index in [2.05, 4.69) is 58.6 Å². The first kappa shape index (κ1) is 26.4. The number of hydrogen-bond donors (Lipinski definition) is 3. The molecule has 0 aromatic heterocycles. The molecule has 0 spiro atoms. The molecule has 3 aliphatic rings. The number of hydrogen-bond acceptors (Lipinski definition) is 3. The summed E-state index contributed by atoms with van der Waals surface area (Å²) in [6.45, 7) is 13.1. The minimum absolute atomic E-state index is 0.336.